The summed E-state index contributed by atoms with van der Waals surface area (Å²) < 4.78 is 4.60. The molecule has 0 N–H and O–H groups in total. The molecule has 1 amide bonds. The molecule has 0 spiro atoms. The Balaban J connectivity index is 2.28. The summed E-state index contributed by atoms with van der Waals surface area (Å²) in [6.07, 6.45) is 0.0309. The fourth-order valence-electron chi connectivity index (χ4n) is 2.09. The average Bonchev–Trinajstić information content (AvgIpc) is 2.80. The molecule has 0 bridgehead atoms. The number of benzene rings is 1. The number of nitrogens with zero attached hydrogens (tertiary/aromatic N) is 2. The molecule has 1 aromatic carbocycles. The molecule has 1 atom stereocenters. The third kappa shape index (κ3) is 2.57. The number of amides is 1. The first kappa shape index (κ1) is 14.3. The topological polar surface area (TPSA) is 89.8 Å². The van der Waals surface area contributed by atoms with E-state index in [-0.39, 0.29) is 29.6 Å². The Labute approximate surface area is 119 Å². The smallest absolute Gasteiger partial charge is 0.311 e. The van der Waals surface area contributed by atoms with Crippen LogP contribution < -0.4 is 4.90 Å². The number of hydrogen-bond donors (Lipinski definition) is 0. The Morgan fingerprint density at radius 3 is 2.85 bits per heavy atom. The number of rotatable bonds is 3. The number of hydrogen-bond acceptors (Lipinski definition) is 5. The van der Waals surface area contributed by atoms with E-state index in [9.17, 15) is 19.7 Å². The van der Waals surface area contributed by atoms with Crippen molar-refractivity contribution in [2.45, 2.75) is 6.42 Å². The van der Waals surface area contributed by atoms with Crippen LogP contribution in [0.1, 0.15) is 6.42 Å². The summed E-state index contributed by atoms with van der Waals surface area (Å²) in [5.41, 5.74) is 0.0657. The van der Waals surface area contributed by atoms with Crippen LogP contribution in [0.2, 0.25) is 5.02 Å². The minimum Gasteiger partial charge on any atom is -0.469 e. The summed E-state index contributed by atoms with van der Waals surface area (Å²) in [7, 11) is 1.25. The van der Waals surface area contributed by atoms with Gasteiger partial charge in [0, 0.05) is 19.0 Å². The van der Waals surface area contributed by atoms with E-state index in [0.29, 0.717) is 5.69 Å². The van der Waals surface area contributed by atoms with Gasteiger partial charge in [0.05, 0.1) is 23.6 Å². The van der Waals surface area contributed by atoms with Gasteiger partial charge in [0.25, 0.3) is 5.69 Å². The Morgan fingerprint density at radius 1 is 1.55 bits per heavy atom. The molecule has 2 rings (SSSR count). The van der Waals surface area contributed by atoms with Crippen molar-refractivity contribution in [2.24, 2.45) is 5.92 Å². The first-order valence-electron chi connectivity index (χ1n) is 5.76. The number of ether oxygens (including phenoxy) is 1. The van der Waals surface area contributed by atoms with Crippen molar-refractivity contribution < 1.29 is 19.2 Å². The minimum absolute atomic E-state index is 0.00471. The highest BCUT2D eigenvalue weighted by Crippen LogP contribution is 2.32. The van der Waals surface area contributed by atoms with Crippen LogP contribution in [0.5, 0.6) is 0 Å². The van der Waals surface area contributed by atoms with Gasteiger partial charge in [-0.05, 0) is 12.1 Å². The van der Waals surface area contributed by atoms with Crippen molar-refractivity contribution in [3.63, 3.8) is 0 Å². The highest BCUT2D eigenvalue weighted by Gasteiger charge is 2.36. The van der Waals surface area contributed by atoms with Gasteiger partial charge in [0.1, 0.15) is 5.02 Å². The number of halogens is 1. The van der Waals surface area contributed by atoms with Crippen molar-refractivity contribution in [3.8, 4) is 0 Å². The van der Waals surface area contributed by atoms with Gasteiger partial charge < -0.3 is 9.64 Å². The Kier molecular flexibility index (Phi) is 3.89. The second kappa shape index (κ2) is 5.46. The normalized spacial score (nSPS) is 18.2. The summed E-state index contributed by atoms with van der Waals surface area (Å²) in [4.78, 5) is 34.9. The zero-order chi connectivity index (χ0) is 14.9. The van der Waals surface area contributed by atoms with E-state index in [2.05, 4.69) is 4.74 Å². The summed E-state index contributed by atoms with van der Waals surface area (Å²) in [5, 5.41) is 10.8. The van der Waals surface area contributed by atoms with E-state index in [1.54, 1.807) is 0 Å². The molecule has 1 saturated heterocycles. The monoisotopic (exact) mass is 298 g/mol. The lowest BCUT2D eigenvalue weighted by Gasteiger charge is -2.16. The lowest BCUT2D eigenvalue weighted by Crippen LogP contribution is -2.26. The maximum absolute atomic E-state index is 11.9. The molecule has 0 aliphatic carbocycles. The predicted octanol–water partition coefficient (Wildman–Crippen LogP) is 1.77. The van der Waals surface area contributed by atoms with Crippen molar-refractivity contribution in [2.75, 3.05) is 18.6 Å². The van der Waals surface area contributed by atoms with Crippen LogP contribution in [0.3, 0.4) is 0 Å². The second-order valence-electron chi connectivity index (χ2n) is 4.32. The van der Waals surface area contributed by atoms with Crippen LogP contribution in [0, 0.1) is 16.0 Å². The summed E-state index contributed by atoms with van der Waals surface area (Å²) >= 11 is 5.72. The van der Waals surface area contributed by atoms with Crippen molar-refractivity contribution in [1.82, 2.24) is 0 Å². The molecular formula is C12H11ClN2O5. The first-order chi connectivity index (χ1) is 9.43. The van der Waals surface area contributed by atoms with Gasteiger partial charge in [-0.3, -0.25) is 19.7 Å². The maximum Gasteiger partial charge on any atom is 0.311 e. The van der Waals surface area contributed by atoms with E-state index >= 15 is 0 Å². The standard InChI is InChI=1S/C12H11ClN2O5/c1-20-12(17)7-4-11(16)14(6-7)8-2-3-9(13)10(5-8)15(18)19/h2-3,5,7H,4,6H2,1H3. The molecule has 0 saturated carbocycles. The van der Waals surface area contributed by atoms with Gasteiger partial charge >= 0.3 is 5.97 Å². The third-order valence-electron chi connectivity index (χ3n) is 3.10. The van der Waals surface area contributed by atoms with E-state index in [4.69, 9.17) is 11.6 Å². The van der Waals surface area contributed by atoms with E-state index < -0.39 is 16.8 Å². The first-order valence-corrected chi connectivity index (χ1v) is 6.14. The number of carbonyl (C=O) groups is 2. The Bertz CT molecular complexity index is 589. The maximum atomic E-state index is 11.9. The van der Waals surface area contributed by atoms with E-state index in [1.807, 2.05) is 0 Å². The van der Waals surface area contributed by atoms with Crippen molar-refractivity contribution >= 4 is 34.9 Å². The average molecular weight is 299 g/mol. The van der Waals surface area contributed by atoms with Gasteiger partial charge in [0.15, 0.2) is 0 Å². The molecule has 1 aliphatic rings. The molecule has 1 fully saturated rings. The zero-order valence-corrected chi connectivity index (χ0v) is 11.3. The Morgan fingerprint density at radius 2 is 2.25 bits per heavy atom. The lowest BCUT2D eigenvalue weighted by molar-refractivity contribution is -0.384. The molecule has 7 nitrogen and oxygen atoms in total. The second-order valence-corrected chi connectivity index (χ2v) is 4.73. The van der Waals surface area contributed by atoms with Crippen LogP contribution >= 0.6 is 11.6 Å². The summed E-state index contributed by atoms with van der Waals surface area (Å²) in [6, 6.07) is 4.08. The van der Waals surface area contributed by atoms with Crippen LogP contribution in [-0.2, 0) is 14.3 Å². The minimum atomic E-state index is -0.621. The van der Waals surface area contributed by atoms with Crippen LogP contribution in [0.15, 0.2) is 18.2 Å². The predicted molar refractivity (Wildman–Crippen MR) is 70.6 cm³/mol. The van der Waals surface area contributed by atoms with Gasteiger partial charge in [0.2, 0.25) is 5.91 Å². The Hall–Kier alpha value is -2.15. The number of nitro groups is 1. The molecule has 1 heterocycles. The number of esters is 1. The van der Waals surface area contributed by atoms with Gasteiger partial charge in [-0.25, -0.2) is 0 Å². The van der Waals surface area contributed by atoms with Gasteiger partial charge in [-0.2, -0.15) is 0 Å². The fourth-order valence-corrected chi connectivity index (χ4v) is 2.28. The number of carbonyl (C=O) groups excluding carboxylic acids is 2. The molecular weight excluding hydrogens is 288 g/mol. The molecule has 0 aromatic heterocycles. The number of nitro benzene ring substituents is 1. The quantitative estimate of drug-likeness (QED) is 0.482. The molecule has 1 unspecified atom stereocenters. The van der Waals surface area contributed by atoms with Crippen molar-refractivity contribution in [1.29, 1.82) is 0 Å². The number of methoxy groups -OCH3 is 1. The molecule has 0 radical (unpaired) electrons. The van der Waals surface area contributed by atoms with E-state index in [1.165, 1.54) is 30.2 Å². The van der Waals surface area contributed by atoms with Crippen LogP contribution in [-0.4, -0.2) is 30.5 Å². The molecule has 1 aliphatic heterocycles. The molecule has 1 aromatic rings. The summed E-state index contributed by atoms with van der Waals surface area (Å²) in [5.74, 6) is -1.30. The number of anilines is 1. The zero-order valence-electron chi connectivity index (χ0n) is 10.5. The largest absolute Gasteiger partial charge is 0.469 e. The molecule has 20 heavy (non-hydrogen) atoms. The van der Waals surface area contributed by atoms with Crippen LogP contribution in [0.25, 0.3) is 0 Å². The lowest BCUT2D eigenvalue weighted by atomic mass is 10.1. The van der Waals surface area contributed by atoms with Crippen molar-refractivity contribution in [3.05, 3.63) is 33.3 Å². The van der Waals surface area contributed by atoms with E-state index in [0.717, 1.165) is 0 Å². The summed E-state index contributed by atoms with van der Waals surface area (Å²) in [6.45, 7) is 0.143. The highest BCUT2D eigenvalue weighted by molar-refractivity contribution is 6.32. The van der Waals surface area contributed by atoms with Gasteiger partial charge in [-0.1, -0.05) is 11.6 Å². The molecule has 8 heteroatoms. The SMILES string of the molecule is COC(=O)C1CC(=O)N(c2ccc(Cl)c([N+](=O)[O-])c2)C1. The third-order valence-corrected chi connectivity index (χ3v) is 3.42. The highest BCUT2D eigenvalue weighted by atomic mass is 35.5. The van der Waals surface area contributed by atoms with Crippen LogP contribution in [0.4, 0.5) is 11.4 Å². The molecule has 106 valence electrons. The van der Waals surface area contributed by atoms with Gasteiger partial charge in [-0.15, -0.1) is 0 Å². The fraction of sp³-hybridized carbons (Fsp3) is 0.333.